The Morgan fingerprint density at radius 3 is 2.89 bits per heavy atom. The molecule has 18 heavy (non-hydrogen) atoms. The molecule has 0 aromatic heterocycles. The van der Waals surface area contributed by atoms with Crippen LogP contribution in [0.1, 0.15) is 12.0 Å². The van der Waals surface area contributed by atoms with Crippen LogP contribution in [-0.4, -0.2) is 25.0 Å². The maximum atomic E-state index is 11.8. The molecule has 2 N–H and O–H groups in total. The van der Waals surface area contributed by atoms with Gasteiger partial charge in [0.2, 0.25) is 5.91 Å². The number of ether oxygens (including phenoxy) is 1. The highest BCUT2D eigenvalue weighted by Gasteiger charge is 2.29. The molecule has 1 aliphatic rings. The molecule has 0 fully saturated rings. The van der Waals surface area contributed by atoms with E-state index in [0.29, 0.717) is 5.69 Å². The molecular formula is C12H13BrN2O3. The lowest BCUT2D eigenvalue weighted by Gasteiger charge is -2.27. The second-order valence-electron chi connectivity index (χ2n) is 4.14. The molecule has 0 spiro atoms. The van der Waals surface area contributed by atoms with Gasteiger partial charge >= 0.3 is 5.97 Å². The summed E-state index contributed by atoms with van der Waals surface area (Å²) < 4.78 is 5.38. The van der Waals surface area contributed by atoms with Gasteiger partial charge in [0.1, 0.15) is 6.04 Å². The highest BCUT2D eigenvalue weighted by atomic mass is 79.9. The van der Waals surface area contributed by atoms with Gasteiger partial charge in [-0.05, 0) is 40.5 Å². The largest absolute Gasteiger partial charge is 0.469 e. The maximum Gasteiger partial charge on any atom is 0.308 e. The lowest BCUT2D eigenvalue weighted by molar-refractivity contribution is -0.142. The third kappa shape index (κ3) is 2.48. The molecule has 1 atom stereocenters. The first kappa shape index (κ1) is 12.9. The molecule has 1 heterocycles. The minimum Gasteiger partial charge on any atom is -0.469 e. The average molecular weight is 313 g/mol. The summed E-state index contributed by atoms with van der Waals surface area (Å²) in [4.78, 5) is 23.1. The molecule has 0 saturated carbocycles. The molecular weight excluding hydrogens is 300 g/mol. The number of carbonyl (C=O) groups excluding carboxylic acids is 2. The first-order valence-corrected chi connectivity index (χ1v) is 6.25. The van der Waals surface area contributed by atoms with Crippen LogP contribution >= 0.6 is 15.9 Å². The minimum atomic E-state index is -0.598. The molecule has 1 aromatic carbocycles. The fraction of sp³-hybridized carbons (Fsp3) is 0.333. The maximum absolute atomic E-state index is 11.8. The highest BCUT2D eigenvalue weighted by molar-refractivity contribution is 9.10. The number of halogens is 1. The number of rotatable bonds is 2. The van der Waals surface area contributed by atoms with Crippen LogP contribution in [0, 0.1) is 6.92 Å². The number of nitrogens with one attached hydrogen (secondary N) is 2. The summed E-state index contributed by atoms with van der Waals surface area (Å²) in [5, 5.41) is 5.83. The van der Waals surface area contributed by atoms with Crippen LogP contribution in [0.5, 0.6) is 0 Å². The molecule has 6 heteroatoms. The zero-order valence-corrected chi connectivity index (χ0v) is 11.6. The van der Waals surface area contributed by atoms with Gasteiger partial charge in [0.05, 0.1) is 24.9 Å². The monoisotopic (exact) mass is 312 g/mol. The van der Waals surface area contributed by atoms with Crippen molar-refractivity contribution in [3.63, 3.8) is 0 Å². The summed E-state index contributed by atoms with van der Waals surface area (Å²) >= 11 is 3.40. The van der Waals surface area contributed by atoms with Gasteiger partial charge in [-0.2, -0.15) is 0 Å². The molecule has 0 aliphatic carbocycles. The van der Waals surface area contributed by atoms with Crippen molar-refractivity contribution in [2.24, 2.45) is 0 Å². The summed E-state index contributed by atoms with van der Waals surface area (Å²) in [7, 11) is 1.30. The lowest BCUT2D eigenvalue weighted by Crippen LogP contribution is -2.40. The van der Waals surface area contributed by atoms with Crippen molar-refractivity contribution in [2.75, 3.05) is 17.7 Å². The van der Waals surface area contributed by atoms with E-state index < -0.39 is 12.0 Å². The summed E-state index contributed by atoms with van der Waals surface area (Å²) in [6, 6.07) is 3.24. The fourth-order valence-corrected chi connectivity index (χ4v) is 2.51. The predicted molar refractivity (Wildman–Crippen MR) is 71.6 cm³/mol. The van der Waals surface area contributed by atoms with Gasteiger partial charge in [0.25, 0.3) is 0 Å². The molecule has 2 rings (SSSR count). The van der Waals surface area contributed by atoms with E-state index in [1.54, 1.807) is 0 Å². The molecule has 96 valence electrons. The number of esters is 1. The van der Waals surface area contributed by atoms with Crippen LogP contribution in [-0.2, 0) is 14.3 Å². The van der Waals surface area contributed by atoms with Crippen molar-refractivity contribution in [1.82, 2.24) is 0 Å². The Morgan fingerprint density at radius 1 is 1.50 bits per heavy atom. The SMILES string of the molecule is COC(=O)CC1Nc2cc(C)cc(Br)c2NC1=O. The van der Waals surface area contributed by atoms with E-state index in [0.717, 1.165) is 15.7 Å². The first-order valence-electron chi connectivity index (χ1n) is 5.45. The Morgan fingerprint density at radius 2 is 2.22 bits per heavy atom. The van der Waals surface area contributed by atoms with Crippen LogP contribution < -0.4 is 10.6 Å². The molecule has 0 saturated heterocycles. The second-order valence-corrected chi connectivity index (χ2v) is 4.99. The average Bonchev–Trinajstić information content (AvgIpc) is 2.31. The van der Waals surface area contributed by atoms with Gasteiger partial charge in [0, 0.05) is 4.47 Å². The van der Waals surface area contributed by atoms with Gasteiger partial charge in [0.15, 0.2) is 0 Å². The first-order chi connectivity index (χ1) is 8.51. The molecule has 1 amide bonds. The molecule has 0 bridgehead atoms. The van der Waals surface area contributed by atoms with Crippen LogP contribution in [0.3, 0.4) is 0 Å². The Balaban J connectivity index is 2.27. The third-order valence-electron chi connectivity index (χ3n) is 2.73. The van der Waals surface area contributed by atoms with Gasteiger partial charge < -0.3 is 15.4 Å². The van der Waals surface area contributed by atoms with Crippen molar-refractivity contribution in [3.8, 4) is 0 Å². The number of hydrogen-bond donors (Lipinski definition) is 2. The number of fused-ring (bicyclic) bond motifs is 1. The van der Waals surface area contributed by atoms with Gasteiger partial charge in [-0.3, -0.25) is 9.59 Å². The quantitative estimate of drug-likeness (QED) is 0.820. The topological polar surface area (TPSA) is 67.4 Å². The van der Waals surface area contributed by atoms with E-state index in [9.17, 15) is 9.59 Å². The molecule has 5 nitrogen and oxygen atoms in total. The van der Waals surface area contributed by atoms with Crippen molar-refractivity contribution in [1.29, 1.82) is 0 Å². The van der Waals surface area contributed by atoms with Crippen LogP contribution in [0.4, 0.5) is 11.4 Å². The van der Waals surface area contributed by atoms with E-state index in [4.69, 9.17) is 0 Å². The van der Waals surface area contributed by atoms with Crippen molar-refractivity contribution in [3.05, 3.63) is 22.2 Å². The van der Waals surface area contributed by atoms with Crippen LogP contribution in [0.2, 0.25) is 0 Å². The molecule has 1 unspecified atom stereocenters. The highest BCUT2D eigenvalue weighted by Crippen LogP contribution is 2.35. The number of amides is 1. The lowest BCUT2D eigenvalue weighted by atomic mass is 10.1. The number of anilines is 2. The zero-order chi connectivity index (χ0) is 13.3. The number of aryl methyl sites for hydroxylation is 1. The summed E-state index contributed by atoms with van der Waals surface area (Å²) in [5.41, 5.74) is 2.56. The second kappa shape index (κ2) is 4.97. The van der Waals surface area contributed by atoms with E-state index in [1.165, 1.54) is 7.11 Å². The summed E-state index contributed by atoms with van der Waals surface area (Å²) in [5.74, 6) is -0.657. The number of carbonyl (C=O) groups is 2. The summed E-state index contributed by atoms with van der Waals surface area (Å²) in [6.07, 6.45) is 0.00728. The van der Waals surface area contributed by atoms with Crippen molar-refractivity contribution >= 4 is 39.2 Å². The van der Waals surface area contributed by atoms with E-state index >= 15 is 0 Å². The van der Waals surface area contributed by atoms with E-state index in [1.807, 2.05) is 19.1 Å². The zero-order valence-electron chi connectivity index (χ0n) is 10.0. The number of methoxy groups -OCH3 is 1. The molecule has 0 radical (unpaired) electrons. The predicted octanol–water partition coefficient (Wildman–Crippen LogP) is 2.05. The van der Waals surface area contributed by atoms with Crippen molar-refractivity contribution < 1.29 is 14.3 Å². The third-order valence-corrected chi connectivity index (χ3v) is 3.35. The Bertz CT molecular complexity index is 516. The van der Waals surface area contributed by atoms with Crippen molar-refractivity contribution in [2.45, 2.75) is 19.4 Å². The normalized spacial score (nSPS) is 17.5. The Labute approximate surface area is 113 Å². The van der Waals surface area contributed by atoms with Gasteiger partial charge in [-0.15, -0.1) is 0 Å². The number of benzene rings is 1. The summed E-state index contributed by atoms with van der Waals surface area (Å²) in [6.45, 7) is 1.96. The molecule has 1 aliphatic heterocycles. The van der Waals surface area contributed by atoms with Gasteiger partial charge in [-0.1, -0.05) is 0 Å². The smallest absolute Gasteiger partial charge is 0.308 e. The Hall–Kier alpha value is -1.56. The fourth-order valence-electron chi connectivity index (χ4n) is 1.84. The van der Waals surface area contributed by atoms with Gasteiger partial charge in [-0.25, -0.2) is 0 Å². The minimum absolute atomic E-state index is 0.00728. The van der Waals surface area contributed by atoms with Crippen LogP contribution in [0.25, 0.3) is 0 Å². The van der Waals surface area contributed by atoms with E-state index in [-0.39, 0.29) is 12.3 Å². The number of hydrogen-bond acceptors (Lipinski definition) is 4. The van der Waals surface area contributed by atoms with E-state index in [2.05, 4.69) is 31.3 Å². The van der Waals surface area contributed by atoms with Crippen LogP contribution in [0.15, 0.2) is 16.6 Å². The standard InChI is InChI=1S/C12H13BrN2O3/c1-6-3-7(13)11-8(4-6)14-9(12(17)15-11)5-10(16)18-2/h3-4,9,14H,5H2,1-2H3,(H,15,17). The Kier molecular flexibility index (Phi) is 3.56. The molecule has 1 aromatic rings.